The number of primary amides is 1. The van der Waals surface area contributed by atoms with E-state index in [0.717, 1.165) is 0 Å². The third kappa shape index (κ3) is 4.51. The predicted octanol–water partition coefficient (Wildman–Crippen LogP) is 3.80. The van der Waals surface area contributed by atoms with E-state index >= 15 is 0 Å². The average Bonchev–Trinajstić information content (AvgIpc) is 2.50. The van der Waals surface area contributed by atoms with Gasteiger partial charge in [-0.3, -0.25) is 9.59 Å². The van der Waals surface area contributed by atoms with E-state index in [9.17, 15) is 9.59 Å². The molecule has 2 rings (SSSR count). The van der Waals surface area contributed by atoms with E-state index < -0.39 is 5.91 Å². The van der Waals surface area contributed by atoms with Gasteiger partial charge < -0.3 is 16.4 Å². The molecule has 8 heteroatoms. The minimum atomic E-state index is -0.645. The summed E-state index contributed by atoms with van der Waals surface area (Å²) in [5, 5.41) is 6.42. The fourth-order valence-corrected chi connectivity index (χ4v) is 2.36. The summed E-state index contributed by atoms with van der Waals surface area (Å²) in [5.74, 6) is -1.01. The molecule has 0 radical (unpaired) electrons. The molecule has 0 unspecified atom stereocenters. The maximum Gasteiger partial charge on any atom is 0.250 e. The number of hydrogen-bond acceptors (Lipinski definition) is 3. The molecule has 0 aliphatic rings. The smallest absolute Gasteiger partial charge is 0.250 e. The van der Waals surface area contributed by atoms with E-state index in [0.29, 0.717) is 21.4 Å². The van der Waals surface area contributed by atoms with Crippen molar-refractivity contribution in [3.63, 3.8) is 0 Å². The maximum absolute atomic E-state index is 12.0. The van der Waals surface area contributed by atoms with Crippen LogP contribution in [0.4, 0.5) is 11.4 Å². The zero-order valence-electron chi connectivity index (χ0n) is 11.7. The van der Waals surface area contributed by atoms with Gasteiger partial charge in [-0.25, -0.2) is 0 Å². The highest BCUT2D eigenvalue weighted by Crippen LogP contribution is 2.29. The fraction of sp³-hybridized carbons (Fsp3) is 0.0667. The second-order valence-electron chi connectivity index (χ2n) is 4.56. The van der Waals surface area contributed by atoms with Crippen molar-refractivity contribution in [3.05, 3.63) is 57.0 Å². The number of amides is 2. The van der Waals surface area contributed by atoms with Gasteiger partial charge >= 0.3 is 0 Å². The molecule has 0 heterocycles. The van der Waals surface area contributed by atoms with Crippen molar-refractivity contribution >= 4 is 58.0 Å². The Hall–Kier alpha value is -1.95. The SMILES string of the molecule is NC(=O)c1cc(Cl)ccc1NCC(=O)Nc1cccc(Cl)c1Cl. The first-order chi connectivity index (χ1) is 10.9. The lowest BCUT2D eigenvalue weighted by molar-refractivity contribution is -0.114. The Morgan fingerprint density at radius 3 is 2.48 bits per heavy atom. The molecule has 0 aliphatic heterocycles. The van der Waals surface area contributed by atoms with E-state index in [1.807, 2.05) is 0 Å². The summed E-state index contributed by atoms with van der Waals surface area (Å²) in [6.45, 7) is -0.0925. The lowest BCUT2D eigenvalue weighted by Crippen LogP contribution is -2.23. The summed E-state index contributed by atoms with van der Waals surface area (Å²) < 4.78 is 0. The van der Waals surface area contributed by atoms with Gasteiger partial charge in [0.1, 0.15) is 0 Å². The molecule has 120 valence electrons. The van der Waals surface area contributed by atoms with Crippen molar-refractivity contribution in [2.75, 3.05) is 17.2 Å². The van der Waals surface area contributed by atoms with Gasteiger partial charge in [0.15, 0.2) is 0 Å². The zero-order valence-corrected chi connectivity index (χ0v) is 14.0. The summed E-state index contributed by atoms with van der Waals surface area (Å²) in [4.78, 5) is 23.4. The van der Waals surface area contributed by atoms with Gasteiger partial charge in [-0.2, -0.15) is 0 Å². The monoisotopic (exact) mass is 371 g/mol. The van der Waals surface area contributed by atoms with Gasteiger partial charge in [0.2, 0.25) is 5.91 Å². The molecule has 0 saturated heterocycles. The number of nitrogens with two attached hydrogens (primary N) is 1. The summed E-state index contributed by atoms with van der Waals surface area (Å²) in [7, 11) is 0. The van der Waals surface area contributed by atoms with Crippen molar-refractivity contribution in [2.24, 2.45) is 5.73 Å². The molecule has 0 bridgehead atoms. The zero-order chi connectivity index (χ0) is 17.0. The molecule has 0 aliphatic carbocycles. The number of nitrogens with one attached hydrogen (secondary N) is 2. The molecule has 2 amide bonds. The van der Waals surface area contributed by atoms with Crippen LogP contribution in [0.5, 0.6) is 0 Å². The van der Waals surface area contributed by atoms with Crippen LogP contribution in [0.2, 0.25) is 15.1 Å². The second-order valence-corrected chi connectivity index (χ2v) is 5.78. The minimum Gasteiger partial charge on any atom is -0.375 e. The number of anilines is 2. The Balaban J connectivity index is 2.05. The van der Waals surface area contributed by atoms with Gasteiger partial charge in [-0.1, -0.05) is 40.9 Å². The summed E-state index contributed by atoms with van der Waals surface area (Å²) >= 11 is 17.7. The number of halogens is 3. The second kappa shape index (κ2) is 7.55. The highest BCUT2D eigenvalue weighted by Gasteiger charge is 2.11. The molecule has 0 fully saturated rings. The third-order valence-corrected chi connectivity index (χ3v) is 3.97. The number of rotatable bonds is 5. The van der Waals surface area contributed by atoms with Crippen molar-refractivity contribution in [1.82, 2.24) is 0 Å². The summed E-state index contributed by atoms with van der Waals surface area (Å²) in [6, 6.07) is 9.50. The standard InChI is InChI=1S/C15H12Cl3N3O2/c16-8-4-5-11(9(6-8)15(19)23)20-7-13(22)21-12-3-1-2-10(17)14(12)18/h1-6,20H,7H2,(H2,19,23)(H,21,22). The Labute approximate surface area is 147 Å². The molecule has 0 saturated carbocycles. The Kier molecular flexibility index (Phi) is 5.71. The fourth-order valence-electron chi connectivity index (χ4n) is 1.84. The van der Waals surface area contributed by atoms with Gasteiger partial charge in [0, 0.05) is 10.7 Å². The number of benzene rings is 2. The highest BCUT2D eigenvalue weighted by atomic mass is 35.5. The molecule has 2 aromatic carbocycles. The third-order valence-electron chi connectivity index (χ3n) is 2.91. The number of carbonyl (C=O) groups excluding carboxylic acids is 2. The largest absolute Gasteiger partial charge is 0.375 e. The lowest BCUT2D eigenvalue weighted by atomic mass is 10.1. The van der Waals surface area contributed by atoms with E-state index in [1.54, 1.807) is 30.3 Å². The molecular formula is C15H12Cl3N3O2. The normalized spacial score (nSPS) is 10.2. The van der Waals surface area contributed by atoms with E-state index in [4.69, 9.17) is 40.5 Å². The maximum atomic E-state index is 12.0. The Morgan fingerprint density at radius 1 is 1.04 bits per heavy atom. The molecular weight excluding hydrogens is 361 g/mol. The Bertz CT molecular complexity index is 766. The molecule has 4 N–H and O–H groups in total. The van der Waals surface area contributed by atoms with Crippen LogP contribution in [0.15, 0.2) is 36.4 Å². The van der Waals surface area contributed by atoms with Crippen LogP contribution in [0, 0.1) is 0 Å². The van der Waals surface area contributed by atoms with Crippen molar-refractivity contribution in [1.29, 1.82) is 0 Å². The van der Waals surface area contributed by atoms with Crippen molar-refractivity contribution in [2.45, 2.75) is 0 Å². The predicted molar refractivity (Wildman–Crippen MR) is 93.6 cm³/mol. The van der Waals surface area contributed by atoms with Crippen LogP contribution in [0.1, 0.15) is 10.4 Å². The van der Waals surface area contributed by atoms with E-state index in [2.05, 4.69) is 10.6 Å². The van der Waals surface area contributed by atoms with Crippen LogP contribution in [0.25, 0.3) is 0 Å². The summed E-state index contributed by atoms with van der Waals surface area (Å²) in [6.07, 6.45) is 0. The lowest BCUT2D eigenvalue weighted by Gasteiger charge is -2.12. The van der Waals surface area contributed by atoms with Crippen LogP contribution in [0.3, 0.4) is 0 Å². The summed E-state index contributed by atoms with van der Waals surface area (Å²) in [5.41, 5.74) is 6.29. The number of hydrogen-bond donors (Lipinski definition) is 3. The van der Waals surface area contributed by atoms with Gasteiger partial charge in [0.05, 0.1) is 27.8 Å². The quantitative estimate of drug-likeness (QED) is 0.746. The van der Waals surface area contributed by atoms with Crippen LogP contribution >= 0.6 is 34.8 Å². The number of carbonyl (C=O) groups is 2. The van der Waals surface area contributed by atoms with E-state index in [-0.39, 0.29) is 23.0 Å². The highest BCUT2D eigenvalue weighted by molar-refractivity contribution is 6.44. The first-order valence-corrected chi connectivity index (χ1v) is 7.59. The molecule has 0 spiro atoms. The molecule has 0 atom stereocenters. The van der Waals surface area contributed by atoms with Crippen LogP contribution in [-0.4, -0.2) is 18.4 Å². The first-order valence-electron chi connectivity index (χ1n) is 6.45. The topological polar surface area (TPSA) is 84.2 Å². The molecule has 5 nitrogen and oxygen atoms in total. The van der Waals surface area contributed by atoms with Gasteiger partial charge in [-0.05, 0) is 30.3 Å². The molecule has 23 heavy (non-hydrogen) atoms. The van der Waals surface area contributed by atoms with E-state index in [1.165, 1.54) is 6.07 Å². The first kappa shape index (κ1) is 17.4. The Morgan fingerprint density at radius 2 is 1.78 bits per heavy atom. The average molecular weight is 373 g/mol. The molecule has 2 aromatic rings. The van der Waals surface area contributed by atoms with Crippen molar-refractivity contribution in [3.8, 4) is 0 Å². The minimum absolute atomic E-state index is 0.0925. The van der Waals surface area contributed by atoms with Gasteiger partial charge in [0.25, 0.3) is 5.91 Å². The van der Waals surface area contributed by atoms with Crippen molar-refractivity contribution < 1.29 is 9.59 Å². The van der Waals surface area contributed by atoms with Crippen LogP contribution in [-0.2, 0) is 4.79 Å². The molecule has 0 aromatic heterocycles. The van der Waals surface area contributed by atoms with Gasteiger partial charge in [-0.15, -0.1) is 0 Å². The van der Waals surface area contributed by atoms with Crippen LogP contribution < -0.4 is 16.4 Å².